The van der Waals surface area contributed by atoms with E-state index in [0.717, 1.165) is 9.94 Å². The summed E-state index contributed by atoms with van der Waals surface area (Å²) in [5.74, 6) is 0. The number of alkyl halides is 1. The number of hydrogen-bond donors (Lipinski definition) is 0. The largest absolute Gasteiger partial charge is 0.494 e. The highest BCUT2D eigenvalue weighted by Crippen LogP contribution is 2.43. The van der Waals surface area contributed by atoms with Crippen LogP contribution in [0.15, 0.2) is 89.4 Å². The number of hydrogen-bond acceptors (Lipinski definition) is 6. The molecular weight excluding hydrogens is 696 g/mol. The third-order valence-electron chi connectivity index (χ3n) is 10.8. The average molecular weight is 750 g/mol. The summed E-state index contributed by atoms with van der Waals surface area (Å²) < 4.78 is 52.6. The summed E-state index contributed by atoms with van der Waals surface area (Å²) in [6.07, 6.45) is 0. The highest BCUT2D eigenvalue weighted by atomic mass is 79.9. The monoisotopic (exact) mass is 749 g/mol. The Bertz CT molecular complexity index is 1700. The minimum absolute atomic E-state index is 0.283. The number of benzene rings is 4. The Morgan fingerprint density at radius 2 is 0.800 bits per heavy atom. The summed E-state index contributed by atoms with van der Waals surface area (Å²) in [7, 11) is -2.23. The molecule has 0 atom stereocenters. The van der Waals surface area contributed by atoms with Crippen molar-refractivity contribution in [3.05, 3.63) is 89.4 Å². The van der Waals surface area contributed by atoms with Crippen molar-refractivity contribution in [2.75, 3.05) is 7.15 Å². The molecule has 0 N–H and O–H groups in total. The molecule has 0 bridgehead atoms. The fraction of sp³-hybridized carbons (Fsp3) is 0.487. The Hall–Kier alpha value is -2.24. The lowest BCUT2D eigenvalue weighted by Gasteiger charge is -2.32. The van der Waals surface area contributed by atoms with E-state index >= 15 is 0 Å². The van der Waals surface area contributed by atoms with Gasteiger partial charge in [0.15, 0.2) is 0 Å². The Kier molecular flexibility index (Phi) is 11.7. The van der Waals surface area contributed by atoms with Crippen LogP contribution >= 0.6 is 15.9 Å². The Morgan fingerprint density at radius 1 is 0.480 bits per heavy atom. The molecule has 0 radical (unpaired) electrons. The van der Waals surface area contributed by atoms with E-state index in [1.165, 1.54) is 21.5 Å². The molecule has 0 unspecified atom stereocenters. The molecule has 3 fully saturated rings. The van der Waals surface area contributed by atoms with Crippen LogP contribution < -0.4 is 5.46 Å². The van der Waals surface area contributed by atoms with Crippen molar-refractivity contribution < 1.29 is 33.7 Å². The predicted octanol–water partition coefficient (Wildman–Crippen LogP) is 9.58. The van der Waals surface area contributed by atoms with E-state index in [1.54, 1.807) is 0 Å². The summed E-state index contributed by atoms with van der Waals surface area (Å²) in [4.78, 5) is 0. The number of halogens is 2. The van der Waals surface area contributed by atoms with E-state index in [-0.39, 0.29) is 40.7 Å². The van der Waals surface area contributed by atoms with E-state index in [0.29, 0.717) is 0 Å². The maximum absolute atomic E-state index is 9.96. The molecule has 7 rings (SSSR count). The van der Waals surface area contributed by atoms with Gasteiger partial charge < -0.3 is 27.9 Å². The molecule has 0 amide bonds. The van der Waals surface area contributed by atoms with Crippen LogP contribution in [0, 0.1) is 0 Å². The molecule has 0 aromatic heterocycles. The maximum Gasteiger partial charge on any atom is 0.494 e. The Labute approximate surface area is 310 Å². The van der Waals surface area contributed by atoms with Gasteiger partial charge in [0.25, 0.3) is 0 Å². The standard InChI is InChI=1S/C16H19BO2.C12H24B2O4.C10H7Br.CH3F/c1-15(2)16(3,4)19-17(18-15)14-10-9-12-7-5-6-8-13(12)11-14;1-9(2)10(3,4)16-13(15-9)14-17-11(5,6)12(7,8)18-14;11-10-6-5-8-3-1-2-4-9(8)7-10;1-2/h5-11H,1-4H3;1-8H3;1-7H;1H3/i;;;1D. The maximum atomic E-state index is 9.96. The van der Waals surface area contributed by atoms with Crippen molar-refractivity contribution in [1.82, 2.24) is 0 Å². The van der Waals surface area contributed by atoms with Crippen molar-refractivity contribution in [2.45, 2.75) is 117 Å². The van der Waals surface area contributed by atoms with Crippen molar-refractivity contribution in [3.63, 3.8) is 0 Å². The second kappa shape index (κ2) is 15.0. The molecule has 0 spiro atoms. The average Bonchev–Trinajstić information content (AvgIpc) is 3.51. The van der Waals surface area contributed by atoms with Crippen molar-refractivity contribution >= 4 is 64.1 Å². The van der Waals surface area contributed by atoms with Crippen LogP contribution in [0.4, 0.5) is 4.39 Å². The molecule has 3 saturated heterocycles. The quantitative estimate of drug-likeness (QED) is 0.191. The van der Waals surface area contributed by atoms with Crippen molar-refractivity contribution in [2.24, 2.45) is 0 Å². The lowest BCUT2D eigenvalue weighted by molar-refractivity contribution is 0.00578. The lowest BCUT2D eigenvalue weighted by atomic mass is 9.49. The van der Waals surface area contributed by atoms with Gasteiger partial charge in [0.2, 0.25) is 0 Å². The minimum atomic E-state index is -1.00. The smallest absolute Gasteiger partial charge is 0.405 e. The summed E-state index contributed by atoms with van der Waals surface area (Å²) in [5.41, 5.74) is -0.935. The highest BCUT2D eigenvalue weighted by Gasteiger charge is 2.63. The molecule has 4 aromatic rings. The second-order valence-corrected chi connectivity index (χ2v) is 16.9. The van der Waals surface area contributed by atoms with Crippen LogP contribution in [-0.4, -0.2) is 61.9 Å². The van der Waals surface area contributed by atoms with E-state index < -0.39 is 21.2 Å². The molecule has 11 heteroatoms. The molecule has 0 aliphatic carbocycles. The first-order valence-corrected chi connectivity index (χ1v) is 17.9. The third-order valence-corrected chi connectivity index (χ3v) is 11.3. The summed E-state index contributed by atoms with van der Waals surface area (Å²) in [6, 6.07) is 29.3. The third kappa shape index (κ3) is 8.68. The van der Waals surface area contributed by atoms with Crippen LogP contribution in [-0.2, 0) is 27.9 Å². The molecule has 6 nitrogen and oxygen atoms in total. The Balaban J connectivity index is 0.000000170. The Morgan fingerprint density at radius 3 is 1.20 bits per heavy atom. The van der Waals surface area contributed by atoms with Gasteiger partial charge in [-0.1, -0.05) is 88.7 Å². The van der Waals surface area contributed by atoms with Crippen molar-refractivity contribution in [1.29, 1.82) is 0 Å². The fourth-order valence-corrected chi connectivity index (χ4v) is 5.87. The van der Waals surface area contributed by atoms with Crippen LogP contribution in [0.3, 0.4) is 0 Å². The number of rotatable bonds is 2. The minimum Gasteiger partial charge on any atom is -0.405 e. The van der Waals surface area contributed by atoms with Gasteiger partial charge in [0.1, 0.15) is 0 Å². The lowest BCUT2D eigenvalue weighted by Crippen LogP contribution is -2.41. The predicted molar refractivity (Wildman–Crippen MR) is 211 cm³/mol. The van der Waals surface area contributed by atoms with Crippen LogP contribution in [0.5, 0.6) is 0 Å². The zero-order chi connectivity index (χ0) is 38.0. The number of fused-ring (bicyclic) bond motifs is 2. The van der Waals surface area contributed by atoms with Crippen LogP contribution in [0.1, 0.15) is 84.5 Å². The van der Waals surface area contributed by atoms with Gasteiger partial charge in [-0.05, 0) is 122 Å². The van der Waals surface area contributed by atoms with Gasteiger partial charge in [0, 0.05) is 4.47 Å². The van der Waals surface area contributed by atoms with Crippen LogP contribution in [0.2, 0.25) is 0 Å². The van der Waals surface area contributed by atoms with Gasteiger partial charge >= 0.3 is 21.1 Å². The first-order valence-electron chi connectivity index (χ1n) is 17.8. The molecule has 3 aliphatic heterocycles. The normalized spacial score (nSPS) is 22.1. The van der Waals surface area contributed by atoms with Crippen molar-refractivity contribution in [3.8, 4) is 0 Å². The van der Waals surface area contributed by atoms with Gasteiger partial charge in [-0.2, -0.15) is 0 Å². The van der Waals surface area contributed by atoms with Gasteiger partial charge in [-0.25, -0.2) is 0 Å². The zero-order valence-corrected chi connectivity index (χ0v) is 33.3. The SMILES string of the molecule is Brc1ccc2ccccc2c1.CC1(C)OB(B2OC(C)(C)C(C)(C)O2)OC1(C)C.CC1(C)OB(c2ccc3ccccc3c2)OC1(C)C.[2H]CF. The molecule has 4 aromatic carbocycles. The summed E-state index contributed by atoms with van der Waals surface area (Å²) >= 11 is 3.43. The molecular formula is C39H53B3BrFO6. The summed E-state index contributed by atoms with van der Waals surface area (Å²) in [5, 5.41) is 5.02. The topological polar surface area (TPSA) is 55.4 Å². The van der Waals surface area contributed by atoms with E-state index in [1.807, 2.05) is 55.4 Å². The van der Waals surface area contributed by atoms with E-state index in [9.17, 15) is 4.39 Å². The molecule has 3 heterocycles. The first kappa shape index (κ1) is 39.0. The molecule has 3 aliphatic rings. The zero-order valence-electron chi connectivity index (χ0n) is 32.7. The molecule has 50 heavy (non-hydrogen) atoms. The van der Waals surface area contributed by atoms with Gasteiger partial charge in [0.05, 0.1) is 42.1 Å². The van der Waals surface area contributed by atoms with Gasteiger partial charge in [-0.15, -0.1) is 0 Å². The first-order chi connectivity index (χ1) is 23.5. The molecule has 268 valence electrons. The van der Waals surface area contributed by atoms with E-state index in [4.69, 9.17) is 29.3 Å². The van der Waals surface area contributed by atoms with Crippen LogP contribution in [0.25, 0.3) is 21.5 Å². The summed E-state index contributed by atoms with van der Waals surface area (Å²) in [6.45, 7) is 24.5. The van der Waals surface area contributed by atoms with E-state index in [2.05, 4.69) is 129 Å². The highest BCUT2D eigenvalue weighted by molar-refractivity contribution is 9.10. The van der Waals surface area contributed by atoms with Gasteiger partial charge in [-0.3, -0.25) is 4.39 Å². The molecule has 0 saturated carbocycles. The second-order valence-electron chi connectivity index (χ2n) is 15.9. The fourth-order valence-electron chi connectivity index (χ4n) is 5.49.